The molecule has 20 heavy (non-hydrogen) atoms. The molecule has 0 saturated heterocycles. The van der Waals surface area contributed by atoms with E-state index in [9.17, 15) is 4.21 Å². The van der Waals surface area contributed by atoms with Crippen LogP contribution in [-0.2, 0) is 17.2 Å². The first-order valence-electron chi connectivity index (χ1n) is 7.58. The van der Waals surface area contributed by atoms with Gasteiger partial charge in [0.05, 0.1) is 0 Å². The third-order valence-electron chi connectivity index (χ3n) is 3.34. The van der Waals surface area contributed by atoms with Gasteiger partial charge in [-0.2, -0.15) is 0 Å². The van der Waals surface area contributed by atoms with E-state index in [1.165, 1.54) is 5.56 Å². The third kappa shape index (κ3) is 6.67. The monoisotopic (exact) mass is 295 g/mol. The van der Waals surface area contributed by atoms with Crippen LogP contribution >= 0.6 is 0 Å². The Balaban J connectivity index is 2.50. The van der Waals surface area contributed by atoms with Crippen molar-refractivity contribution in [1.82, 2.24) is 0 Å². The Labute approximate surface area is 126 Å². The van der Waals surface area contributed by atoms with Crippen LogP contribution in [0.15, 0.2) is 24.3 Å². The van der Waals surface area contributed by atoms with Crippen molar-refractivity contribution in [2.24, 2.45) is 17.6 Å². The number of benzene rings is 1. The largest absolute Gasteiger partial charge is 0.323 e. The summed E-state index contributed by atoms with van der Waals surface area (Å²) in [5.74, 6) is 2.59. The molecule has 0 spiro atoms. The molecule has 2 unspecified atom stereocenters. The molecule has 2 atom stereocenters. The van der Waals surface area contributed by atoms with Gasteiger partial charge in [-0.15, -0.1) is 0 Å². The molecule has 0 bridgehead atoms. The molecule has 0 saturated carbocycles. The van der Waals surface area contributed by atoms with Gasteiger partial charge in [-0.1, -0.05) is 52.0 Å². The van der Waals surface area contributed by atoms with Crippen LogP contribution in [0.25, 0.3) is 0 Å². The van der Waals surface area contributed by atoms with E-state index in [4.69, 9.17) is 5.73 Å². The fourth-order valence-electron chi connectivity index (χ4n) is 2.12. The highest BCUT2D eigenvalue weighted by Crippen LogP contribution is 2.15. The lowest BCUT2D eigenvalue weighted by molar-refractivity contribution is 0.617. The molecule has 1 rings (SSSR count). The van der Waals surface area contributed by atoms with Crippen molar-refractivity contribution in [3.8, 4) is 0 Å². The van der Waals surface area contributed by atoms with Crippen LogP contribution in [0.1, 0.15) is 51.3 Å². The first kappa shape index (κ1) is 17.4. The number of hydrogen-bond donors (Lipinski definition) is 1. The van der Waals surface area contributed by atoms with E-state index in [2.05, 4.69) is 52.0 Å². The molecule has 2 nitrogen and oxygen atoms in total. The van der Waals surface area contributed by atoms with Gasteiger partial charge in [-0.3, -0.25) is 4.21 Å². The van der Waals surface area contributed by atoms with Crippen LogP contribution in [0.4, 0.5) is 0 Å². The summed E-state index contributed by atoms with van der Waals surface area (Å²) in [7, 11) is -0.811. The zero-order valence-corrected chi connectivity index (χ0v) is 14.1. The number of nitrogens with two attached hydrogens (primary N) is 1. The smallest absolute Gasteiger partial charge is 0.0428 e. The van der Waals surface area contributed by atoms with Gasteiger partial charge >= 0.3 is 0 Å². The Morgan fingerprint density at radius 3 is 2.15 bits per heavy atom. The second-order valence-electron chi connectivity index (χ2n) is 6.44. The van der Waals surface area contributed by atoms with Crippen molar-refractivity contribution in [3.63, 3.8) is 0 Å². The van der Waals surface area contributed by atoms with Gasteiger partial charge in [0.2, 0.25) is 0 Å². The summed E-state index contributed by atoms with van der Waals surface area (Å²) >= 11 is 0. The van der Waals surface area contributed by atoms with Crippen molar-refractivity contribution in [2.75, 3.05) is 11.5 Å². The molecule has 3 heteroatoms. The molecule has 0 aromatic heterocycles. The van der Waals surface area contributed by atoms with Gasteiger partial charge in [-0.25, -0.2) is 0 Å². The molecular weight excluding hydrogens is 266 g/mol. The molecule has 2 N–H and O–H groups in total. The average molecular weight is 295 g/mol. The number of hydrogen-bond acceptors (Lipinski definition) is 2. The summed E-state index contributed by atoms with van der Waals surface area (Å²) in [4.78, 5) is 0. The maximum atomic E-state index is 12.0. The van der Waals surface area contributed by atoms with Crippen molar-refractivity contribution in [2.45, 2.75) is 46.6 Å². The van der Waals surface area contributed by atoms with Crippen LogP contribution in [0.2, 0.25) is 0 Å². The van der Waals surface area contributed by atoms with Crippen LogP contribution in [0, 0.1) is 11.8 Å². The zero-order chi connectivity index (χ0) is 15.1. The molecule has 0 heterocycles. The van der Waals surface area contributed by atoms with Gasteiger partial charge in [0.15, 0.2) is 0 Å². The lowest BCUT2D eigenvalue weighted by Gasteiger charge is -2.13. The van der Waals surface area contributed by atoms with Crippen LogP contribution in [0.3, 0.4) is 0 Å². The predicted molar refractivity (Wildman–Crippen MR) is 89.2 cm³/mol. The second-order valence-corrected chi connectivity index (χ2v) is 8.06. The maximum absolute atomic E-state index is 12.0. The molecule has 0 aliphatic heterocycles. The van der Waals surface area contributed by atoms with E-state index < -0.39 is 10.8 Å². The van der Waals surface area contributed by atoms with Crippen molar-refractivity contribution >= 4 is 10.8 Å². The first-order valence-corrected chi connectivity index (χ1v) is 9.06. The summed E-state index contributed by atoms with van der Waals surface area (Å²) in [6.45, 7) is 8.75. The molecule has 114 valence electrons. The minimum absolute atomic E-state index is 0.115. The van der Waals surface area contributed by atoms with E-state index in [0.717, 1.165) is 24.2 Å². The molecule has 1 aromatic carbocycles. The molecular formula is C17H29NOS. The molecule has 0 aliphatic carbocycles. The van der Waals surface area contributed by atoms with E-state index in [1.54, 1.807) is 0 Å². The maximum Gasteiger partial charge on any atom is 0.0428 e. The highest BCUT2D eigenvalue weighted by atomic mass is 32.2. The van der Waals surface area contributed by atoms with Gasteiger partial charge in [0, 0.05) is 28.3 Å². The fraction of sp³-hybridized carbons (Fsp3) is 0.647. The SMILES string of the molecule is CC(C)CCS(=O)CC(N)c1ccc(CC(C)C)cc1. The van der Waals surface area contributed by atoms with Crippen molar-refractivity contribution in [3.05, 3.63) is 35.4 Å². The Morgan fingerprint density at radius 1 is 1.05 bits per heavy atom. The zero-order valence-electron chi connectivity index (χ0n) is 13.3. The molecule has 0 fully saturated rings. The van der Waals surface area contributed by atoms with Gasteiger partial charge < -0.3 is 5.73 Å². The predicted octanol–water partition coefficient (Wildman–Crippen LogP) is 3.68. The van der Waals surface area contributed by atoms with E-state index in [1.807, 2.05) is 0 Å². The first-order chi connectivity index (χ1) is 9.38. The summed E-state index contributed by atoms with van der Waals surface area (Å²) in [5, 5.41) is 0. The van der Waals surface area contributed by atoms with Crippen LogP contribution < -0.4 is 5.73 Å². The van der Waals surface area contributed by atoms with E-state index in [0.29, 0.717) is 17.6 Å². The molecule has 0 radical (unpaired) electrons. The highest BCUT2D eigenvalue weighted by Gasteiger charge is 2.11. The Bertz CT molecular complexity index is 412. The van der Waals surface area contributed by atoms with Crippen LogP contribution in [-0.4, -0.2) is 15.7 Å². The molecule has 0 amide bonds. The summed E-state index contributed by atoms with van der Waals surface area (Å²) in [6.07, 6.45) is 2.10. The van der Waals surface area contributed by atoms with Crippen molar-refractivity contribution in [1.29, 1.82) is 0 Å². The van der Waals surface area contributed by atoms with Gasteiger partial charge in [-0.05, 0) is 35.8 Å². The highest BCUT2D eigenvalue weighted by molar-refractivity contribution is 7.85. The fourth-order valence-corrected chi connectivity index (χ4v) is 3.61. The summed E-state index contributed by atoms with van der Waals surface area (Å²) < 4.78 is 12.0. The normalized spacial score (nSPS) is 14.8. The topological polar surface area (TPSA) is 43.1 Å². The number of rotatable bonds is 8. The molecule has 1 aromatic rings. The standard InChI is InChI=1S/C17H29NOS/c1-13(2)9-10-20(19)12-17(18)16-7-5-15(6-8-16)11-14(3)4/h5-8,13-14,17H,9-12,18H2,1-4H3. The summed E-state index contributed by atoms with van der Waals surface area (Å²) in [5.41, 5.74) is 8.60. The minimum Gasteiger partial charge on any atom is -0.323 e. The molecule has 0 aliphatic rings. The Morgan fingerprint density at radius 2 is 1.65 bits per heavy atom. The lowest BCUT2D eigenvalue weighted by atomic mass is 10.0. The Hall–Kier alpha value is -0.670. The third-order valence-corrected chi connectivity index (χ3v) is 4.76. The minimum atomic E-state index is -0.811. The average Bonchev–Trinajstić information content (AvgIpc) is 2.36. The van der Waals surface area contributed by atoms with Crippen molar-refractivity contribution < 1.29 is 4.21 Å². The van der Waals surface area contributed by atoms with Gasteiger partial charge in [0.25, 0.3) is 0 Å². The second kappa shape index (κ2) is 8.58. The quantitative estimate of drug-likeness (QED) is 0.795. The van der Waals surface area contributed by atoms with Gasteiger partial charge in [0.1, 0.15) is 0 Å². The lowest BCUT2D eigenvalue weighted by Crippen LogP contribution is -2.20. The van der Waals surface area contributed by atoms with E-state index >= 15 is 0 Å². The van der Waals surface area contributed by atoms with Crippen LogP contribution in [0.5, 0.6) is 0 Å². The summed E-state index contributed by atoms with van der Waals surface area (Å²) in [6, 6.07) is 8.35. The van der Waals surface area contributed by atoms with E-state index in [-0.39, 0.29) is 6.04 Å². The Kier molecular flexibility index (Phi) is 7.46.